The first-order chi connectivity index (χ1) is 14.2. The van der Waals surface area contributed by atoms with Gasteiger partial charge >= 0.3 is 0 Å². The van der Waals surface area contributed by atoms with Crippen LogP contribution in [0, 0.1) is 5.82 Å². The smallest absolute Gasteiger partial charge is 0.162 e. The molecule has 1 aliphatic heterocycles. The van der Waals surface area contributed by atoms with E-state index in [9.17, 15) is 9.18 Å². The second-order valence-corrected chi connectivity index (χ2v) is 7.70. The number of rotatable bonds is 7. The summed E-state index contributed by atoms with van der Waals surface area (Å²) in [7, 11) is 0. The van der Waals surface area contributed by atoms with Crippen LogP contribution in [0.4, 0.5) is 4.39 Å². The number of ketones is 1. The lowest BCUT2D eigenvalue weighted by Gasteiger charge is -2.32. The van der Waals surface area contributed by atoms with Crippen molar-refractivity contribution in [2.75, 3.05) is 19.6 Å². The second kappa shape index (κ2) is 10.6. The number of carbonyl (C=O) groups excluding carboxylic acids is 1. The van der Waals surface area contributed by atoms with E-state index in [1.807, 2.05) is 12.1 Å². The summed E-state index contributed by atoms with van der Waals surface area (Å²) < 4.78 is 19.2. The minimum absolute atomic E-state index is 0. The van der Waals surface area contributed by atoms with Crippen molar-refractivity contribution in [1.29, 1.82) is 0 Å². The Labute approximate surface area is 183 Å². The van der Waals surface area contributed by atoms with Crippen LogP contribution in [0.3, 0.4) is 0 Å². The van der Waals surface area contributed by atoms with Crippen LogP contribution >= 0.6 is 12.4 Å². The van der Waals surface area contributed by atoms with E-state index in [-0.39, 0.29) is 30.1 Å². The molecule has 30 heavy (non-hydrogen) atoms. The molecule has 5 heteroatoms. The van der Waals surface area contributed by atoms with E-state index in [0.717, 1.165) is 44.6 Å². The number of ether oxygens (including phenoxy) is 1. The Kier molecular flexibility index (Phi) is 7.83. The number of nitrogens with zero attached hydrogens (tertiary/aromatic N) is 1. The van der Waals surface area contributed by atoms with Crippen molar-refractivity contribution in [1.82, 2.24) is 4.90 Å². The highest BCUT2D eigenvalue weighted by atomic mass is 35.5. The minimum atomic E-state index is -0.310. The molecular formula is C25H27ClFNO2. The van der Waals surface area contributed by atoms with Gasteiger partial charge in [-0.2, -0.15) is 0 Å². The Morgan fingerprint density at radius 1 is 0.967 bits per heavy atom. The molecule has 158 valence electrons. The molecule has 0 spiro atoms. The fourth-order valence-corrected chi connectivity index (χ4v) is 3.93. The van der Waals surface area contributed by atoms with Gasteiger partial charge in [0.15, 0.2) is 5.78 Å². The van der Waals surface area contributed by atoms with Crippen LogP contribution in [0.5, 0.6) is 5.75 Å². The lowest BCUT2D eigenvalue weighted by atomic mass is 10.0. The molecule has 0 saturated carbocycles. The van der Waals surface area contributed by atoms with E-state index in [1.54, 1.807) is 12.1 Å². The van der Waals surface area contributed by atoms with Crippen molar-refractivity contribution in [3.8, 4) is 5.75 Å². The highest BCUT2D eigenvalue weighted by Crippen LogP contribution is 2.24. The first kappa shape index (κ1) is 22.3. The molecule has 0 atom stereocenters. The maximum atomic E-state index is 13.0. The number of halogens is 2. The van der Waals surface area contributed by atoms with Crippen LogP contribution in [-0.2, 0) is 0 Å². The molecule has 0 unspecified atom stereocenters. The Morgan fingerprint density at radius 3 is 2.40 bits per heavy atom. The fraction of sp³-hybridized carbons (Fsp3) is 0.320. The molecule has 1 heterocycles. The number of fused-ring (bicyclic) bond motifs is 1. The van der Waals surface area contributed by atoms with Crippen molar-refractivity contribution >= 4 is 29.0 Å². The maximum Gasteiger partial charge on any atom is 0.162 e. The highest BCUT2D eigenvalue weighted by Gasteiger charge is 2.20. The zero-order valence-electron chi connectivity index (χ0n) is 16.9. The van der Waals surface area contributed by atoms with Gasteiger partial charge in [-0.1, -0.05) is 30.3 Å². The summed E-state index contributed by atoms with van der Waals surface area (Å²) in [4.78, 5) is 14.6. The van der Waals surface area contributed by atoms with Crippen molar-refractivity contribution < 1.29 is 13.9 Å². The van der Waals surface area contributed by atoms with Crippen molar-refractivity contribution in [2.24, 2.45) is 0 Å². The molecule has 3 aromatic rings. The predicted molar refractivity (Wildman–Crippen MR) is 121 cm³/mol. The third-order valence-corrected chi connectivity index (χ3v) is 5.60. The second-order valence-electron chi connectivity index (χ2n) is 7.70. The zero-order valence-corrected chi connectivity index (χ0v) is 17.7. The van der Waals surface area contributed by atoms with Gasteiger partial charge in [0.1, 0.15) is 17.7 Å². The summed E-state index contributed by atoms with van der Waals surface area (Å²) in [6.07, 6.45) is 3.57. The van der Waals surface area contributed by atoms with Gasteiger partial charge in [-0.05, 0) is 73.0 Å². The average Bonchev–Trinajstić information content (AvgIpc) is 2.75. The molecule has 1 aliphatic rings. The first-order valence-electron chi connectivity index (χ1n) is 10.3. The van der Waals surface area contributed by atoms with E-state index in [2.05, 4.69) is 35.2 Å². The van der Waals surface area contributed by atoms with Gasteiger partial charge in [0.25, 0.3) is 0 Å². The molecule has 0 N–H and O–H groups in total. The average molecular weight is 428 g/mol. The number of hydrogen-bond acceptors (Lipinski definition) is 3. The van der Waals surface area contributed by atoms with Crippen molar-refractivity contribution in [3.05, 3.63) is 78.1 Å². The normalized spacial score (nSPS) is 15.0. The summed E-state index contributed by atoms with van der Waals surface area (Å²) in [5.41, 5.74) is 0.592. The van der Waals surface area contributed by atoms with E-state index in [4.69, 9.17) is 4.74 Å². The molecule has 0 amide bonds. The Balaban J connectivity index is 0.00000256. The van der Waals surface area contributed by atoms with Crippen LogP contribution in [0.2, 0.25) is 0 Å². The summed E-state index contributed by atoms with van der Waals surface area (Å²) >= 11 is 0. The van der Waals surface area contributed by atoms with Crippen molar-refractivity contribution in [3.63, 3.8) is 0 Å². The third-order valence-electron chi connectivity index (χ3n) is 5.60. The summed E-state index contributed by atoms with van der Waals surface area (Å²) in [6.45, 7) is 2.89. The summed E-state index contributed by atoms with van der Waals surface area (Å²) in [5.74, 6) is 0.710. The standard InChI is InChI=1S/C25H26FNO2.ClH/c26-22-10-7-20(8-11-22)25(28)6-3-15-27-16-13-23(14-17-27)29-24-12-9-19-4-1-2-5-21(19)18-24;/h1-2,4-5,7-12,18,23H,3,6,13-17H2;1H. The van der Waals surface area contributed by atoms with Gasteiger partial charge in [0, 0.05) is 25.1 Å². The van der Waals surface area contributed by atoms with Crippen molar-refractivity contribution in [2.45, 2.75) is 31.8 Å². The largest absolute Gasteiger partial charge is 0.490 e. The number of Topliss-reactive ketones (excluding diaryl/α,β-unsaturated/α-hetero) is 1. The van der Waals surface area contributed by atoms with E-state index >= 15 is 0 Å². The molecule has 1 saturated heterocycles. The molecule has 0 bridgehead atoms. The SMILES string of the molecule is Cl.O=C(CCCN1CCC(Oc2ccc3ccccc3c2)CC1)c1ccc(F)cc1. The quantitative estimate of drug-likeness (QED) is 0.439. The molecule has 0 aliphatic carbocycles. The minimum Gasteiger partial charge on any atom is -0.490 e. The number of piperidine rings is 1. The van der Waals surface area contributed by atoms with Gasteiger partial charge in [0.05, 0.1) is 0 Å². The molecule has 0 aromatic heterocycles. The fourth-order valence-electron chi connectivity index (χ4n) is 3.93. The lowest BCUT2D eigenvalue weighted by Crippen LogP contribution is -2.38. The van der Waals surface area contributed by atoms with Gasteiger partial charge in [0.2, 0.25) is 0 Å². The lowest BCUT2D eigenvalue weighted by molar-refractivity contribution is 0.0920. The summed E-state index contributed by atoms with van der Waals surface area (Å²) in [6, 6.07) is 20.4. The molecular weight excluding hydrogens is 401 g/mol. The van der Waals surface area contributed by atoms with Crippen LogP contribution in [0.15, 0.2) is 66.7 Å². The van der Waals surface area contributed by atoms with E-state index in [0.29, 0.717) is 12.0 Å². The molecule has 0 radical (unpaired) electrons. The molecule has 3 nitrogen and oxygen atoms in total. The monoisotopic (exact) mass is 427 g/mol. The van der Waals surface area contributed by atoms with Gasteiger partial charge in [-0.15, -0.1) is 12.4 Å². The van der Waals surface area contributed by atoms with E-state index in [1.165, 1.54) is 22.9 Å². The highest BCUT2D eigenvalue weighted by molar-refractivity contribution is 5.95. The Hall–Kier alpha value is -2.43. The van der Waals surface area contributed by atoms with Crippen LogP contribution in [0.1, 0.15) is 36.0 Å². The molecule has 1 fully saturated rings. The van der Waals surface area contributed by atoms with Crippen LogP contribution < -0.4 is 4.74 Å². The first-order valence-corrected chi connectivity index (χ1v) is 10.3. The Bertz CT molecular complexity index is 968. The third kappa shape index (κ3) is 5.80. The maximum absolute atomic E-state index is 13.0. The topological polar surface area (TPSA) is 29.5 Å². The number of benzene rings is 3. The van der Waals surface area contributed by atoms with Gasteiger partial charge in [-0.3, -0.25) is 4.79 Å². The van der Waals surface area contributed by atoms with Crippen LogP contribution in [0.25, 0.3) is 10.8 Å². The van der Waals surface area contributed by atoms with Gasteiger partial charge in [-0.25, -0.2) is 4.39 Å². The van der Waals surface area contributed by atoms with E-state index < -0.39 is 0 Å². The van der Waals surface area contributed by atoms with Gasteiger partial charge < -0.3 is 9.64 Å². The Morgan fingerprint density at radius 2 is 1.67 bits per heavy atom. The summed E-state index contributed by atoms with van der Waals surface area (Å²) in [5, 5.41) is 2.43. The number of likely N-dealkylation sites (tertiary alicyclic amines) is 1. The molecule has 3 aromatic carbocycles. The molecule has 4 rings (SSSR count). The van der Waals surface area contributed by atoms with Crippen LogP contribution in [-0.4, -0.2) is 36.4 Å². The zero-order chi connectivity index (χ0) is 20.1. The number of hydrogen-bond donors (Lipinski definition) is 0. The predicted octanol–water partition coefficient (Wildman–Crippen LogP) is 5.91. The number of carbonyl (C=O) groups is 1.